The van der Waals surface area contributed by atoms with Crippen LogP contribution < -0.4 is 10.1 Å². The Balaban J connectivity index is 1.79. The highest BCUT2D eigenvalue weighted by Gasteiger charge is 2.27. The summed E-state index contributed by atoms with van der Waals surface area (Å²) in [6.07, 6.45) is 4.07. The summed E-state index contributed by atoms with van der Waals surface area (Å²) in [7, 11) is 0. The average molecular weight is 337 g/mol. The Kier molecular flexibility index (Phi) is 6.33. The lowest BCUT2D eigenvalue weighted by Crippen LogP contribution is -2.44. The minimum absolute atomic E-state index is 0.0445. The number of benzene rings is 1. The summed E-state index contributed by atoms with van der Waals surface area (Å²) in [5.74, 6) is -0.496. The number of carbonyl (C=O) groups is 2. The van der Waals surface area contributed by atoms with Crippen LogP contribution in [0.1, 0.15) is 32.6 Å². The molecule has 0 aromatic heterocycles. The van der Waals surface area contributed by atoms with Gasteiger partial charge in [0.05, 0.1) is 5.92 Å². The Labute approximate surface area is 140 Å². The van der Waals surface area contributed by atoms with E-state index in [0.29, 0.717) is 31.4 Å². The summed E-state index contributed by atoms with van der Waals surface area (Å²) in [5, 5.41) is 11.9. The van der Waals surface area contributed by atoms with Crippen molar-refractivity contribution in [2.24, 2.45) is 5.92 Å². The number of thioether (sulfide) groups is 1. The maximum atomic E-state index is 12.2. The van der Waals surface area contributed by atoms with Crippen molar-refractivity contribution in [1.82, 2.24) is 5.32 Å². The molecule has 6 heteroatoms. The maximum Gasteiger partial charge on any atom is 0.306 e. The molecule has 23 heavy (non-hydrogen) atoms. The van der Waals surface area contributed by atoms with E-state index in [9.17, 15) is 9.59 Å². The number of hydrogen-bond acceptors (Lipinski definition) is 4. The largest absolute Gasteiger partial charge is 0.481 e. The van der Waals surface area contributed by atoms with E-state index in [0.717, 1.165) is 4.90 Å². The molecule has 2 N–H and O–H groups in total. The van der Waals surface area contributed by atoms with Crippen LogP contribution in [0.3, 0.4) is 0 Å². The third-order valence-corrected chi connectivity index (χ3v) is 4.91. The minimum atomic E-state index is -0.736. The van der Waals surface area contributed by atoms with Crippen molar-refractivity contribution in [3.05, 3.63) is 24.3 Å². The topological polar surface area (TPSA) is 75.6 Å². The van der Waals surface area contributed by atoms with E-state index in [4.69, 9.17) is 9.84 Å². The van der Waals surface area contributed by atoms with Gasteiger partial charge in [-0.1, -0.05) is 0 Å². The van der Waals surface area contributed by atoms with Crippen molar-refractivity contribution in [1.29, 1.82) is 0 Å². The highest BCUT2D eigenvalue weighted by Crippen LogP contribution is 2.25. The first kappa shape index (κ1) is 17.7. The predicted octanol–water partition coefficient (Wildman–Crippen LogP) is 2.94. The average Bonchev–Trinajstić information content (AvgIpc) is 2.56. The zero-order valence-corrected chi connectivity index (χ0v) is 14.3. The normalized spacial score (nSPS) is 22.2. The molecule has 1 unspecified atom stereocenters. The number of rotatable bonds is 6. The van der Waals surface area contributed by atoms with Crippen LogP contribution >= 0.6 is 11.8 Å². The van der Waals surface area contributed by atoms with Crippen LogP contribution in [0.5, 0.6) is 5.75 Å². The monoisotopic (exact) mass is 337 g/mol. The Morgan fingerprint density at radius 3 is 2.35 bits per heavy atom. The van der Waals surface area contributed by atoms with Gasteiger partial charge in [0.15, 0.2) is 6.10 Å². The van der Waals surface area contributed by atoms with Crippen LogP contribution in [-0.2, 0) is 9.59 Å². The SMILES string of the molecule is CSc1ccc(OC(C)C(=O)NC2CCC(C(=O)O)CC2)cc1. The molecule has 5 nitrogen and oxygen atoms in total. The molecular weight excluding hydrogens is 314 g/mol. The van der Waals surface area contributed by atoms with Crippen molar-refractivity contribution in [2.45, 2.75) is 49.6 Å². The van der Waals surface area contributed by atoms with Gasteiger partial charge >= 0.3 is 5.97 Å². The van der Waals surface area contributed by atoms with Gasteiger partial charge in [0, 0.05) is 10.9 Å². The molecular formula is C17H23NO4S. The zero-order valence-electron chi connectivity index (χ0n) is 13.5. The third kappa shape index (κ3) is 5.16. The molecule has 0 aliphatic heterocycles. The Hall–Kier alpha value is -1.69. The van der Waals surface area contributed by atoms with Gasteiger partial charge in [-0.05, 0) is 63.1 Å². The quantitative estimate of drug-likeness (QED) is 0.781. The van der Waals surface area contributed by atoms with Gasteiger partial charge in [0.1, 0.15) is 5.75 Å². The molecule has 1 saturated carbocycles. The van der Waals surface area contributed by atoms with Crippen LogP contribution in [0.2, 0.25) is 0 Å². The second-order valence-electron chi connectivity index (χ2n) is 5.83. The molecule has 0 heterocycles. The van der Waals surface area contributed by atoms with Crippen LogP contribution in [0.15, 0.2) is 29.2 Å². The zero-order chi connectivity index (χ0) is 16.8. The Morgan fingerprint density at radius 2 is 1.83 bits per heavy atom. The summed E-state index contributed by atoms with van der Waals surface area (Å²) in [5.41, 5.74) is 0. The van der Waals surface area contributed by atoms with Crippen molar-refractivity contribution in [3.8, 4) is 5.75 Å². The van der Waals surface area contributed by atoms with Gasteiger partial charge in [-0.3, -0.25) is 9.59 Å². The number of carboxylic acid groups (broad SMARTS) is 1. The number of carbonyl (C=O) groups excluding carboxylic acids is 1. The Bertz CT molecular complexity index is 538. The maximum absolute atomic E-state index is 12.2. The lowest BCUT2D eigenvalue weighted by Gasteiger charge is -2.27. The summed E-state index contributed by atoms with van der Waals surface area (Å²) < 4.78 is 5.66. The molecule has 0 bridgehead atoms. The molecule has 0 radical (unpaired) electrons. The number of nitrogens with one attached hydrogen (secondary N) is 1. The second kappa shape index (κ2) is 8.24. The van der Waals surface area contributed by atoms with E-state index in [1.165, 1.54) is 0 Å². The van der Waals surface area contributed by atoms with Crippen molar-refractivity contribution < 1.29 is 19.4 Å². The number of amides is 1. The first-order chi connectivity index (χ1) is 11.0. The number of carboxylic acids is 1. The molecule has 126 valence electrons. The summed E-state index contributed by atoms with van der Waals surface area (Å²) in [4.78, 5) is 24.3. The lowest BCUT2D eigenvalue weighted by molar-refractivity contribution is -0.142. The van der Waals surface area contributed by atoms with Gasteiger partial charge < -0.3 is 15.2 Å². The summed E-state index contributed by atoms with van der Waals surface area (Å²) in [6, 6.07) is 7.67. The fourth-order valence-corrected chi connectivity index (χ4v) is 3.12. The molecule has 1 atom stereocenters. The van der Waals surface area contributed by atoms with Gasteiger partial charge in [-0.15, -0.1) is 11.8 Å². The van der Waals surface area contributed by atoms with Gasteiger partial charge in [-0.2, -0.15) is 0 Å². The van der Waals surface area contributed by atoms with Crippen LogP contribution in [0, 0.1) is 5.92 Å². The van der Waals surface area contributed by atoms with Gasteiger partial charge in [-0.25, -0.2) is 0 Å². The minimum Gasteiger partial charge on any atom is -0.481 e. The van der Waals surface area contributed by atoms with E-state index >= 15 is 0 Å². The molecule has 1 amide bonds. The first-order valence-electron chi connectivity index (χ1n) is 7.83. The molecule has 1 aromatic rings. The van der Waals surface area contributed by atoms with Gasteiger partial charge in [0.2, 0.25) is 0 Å². The van der Waals surface area contributed by atoms with E-state index in [1.807, 2.05) is 30.5 Å². The van der Waals surface area contributed by atoms with Crippen molar-refractivity contribution in [2.75, 3.05) is 6.26 Å². The van der Waals surface area contributed by atoms with Crippen LogP contribution in [-0.4, -0.2) is 35.4 Å². The molecule has 0 saturated heterocycles. The smallest absolute Gasteiger partial charge is 0.306 e. The molecule has 2 rings (SSSR count). The van der Waals surface area contributed by atoms with Crippen molar-refractivity contribution >= 4 is 23.6 Å². The van der Waals surface area contributed by atoms with E-state index < -0.39 is 12.1 Å². The fraction of sp³-hybridized carbons (Fsp3) is 0.529. The Morgan fingerprint density at radius 1 is 1.22 bits per heavy atom. The van der Waals surface area contributed by atoms with Crippen LogP contribution in [0.25, 0.3) is 0 Å². The first-order valence-corrected chi connectivity index (χ1v) is 9.06. The number of ether oxygens (including phenoxy) is 1. The predicted molar refractivity (Wildman–Crippen MR) is 89.8 cm³/mol. The standard InChI is InChI=1S/C17H23NO4S/c1-11(22-14-7-9-15(23-2)10-8-14)16(19)18-13-5-3-12(4-6-13)17(20)21/h7-13H,3-6H2,1-2H3,(H,18,19)(H,20,21). The number of hydrogen-bond donors (Lipinski definition) is 2. The molecule has 0 spiro atoms. The van der Waals surface area contributed by atoms with Crippen LogP contribution in [0.4, 0.5) is 0 Å². The van der Waals surface area contributed by atoms with Crippen molar-refractivity contribution in [3.63, 3.8) is 0 Å². The van der Waals surface area contributed by atoms with E-state index in [1.54, 1.807) is 18.7 Å². The van der Waals surface area contributed by atoms with E-state index in [-0.39, 0.29) is 17.9 Å². The molecule has 1 aliphatic rings. The second-order valence-corrected chi connectivity index (χ2v) is 6.71. The molecule has 1 fully saturated rings. The summed E-state index contributed by atoms with van der Waals surface area (Å²) >= 11 is 1.65. The highest BCUT2D eigenvalue weighted by atomic mass is 32.2. The van der Waals surface area contributed by atoms with E-state index in [2.05, 4.69) is 5.32 Å². The lowest BCUT2D eigenvalue weighted by atomic mass is 9.86. The molecule has 1 aromatic carbocycles. The fourth-order valence-electron chi connectivity index (χ4n) is 2.72. The number of aliphatic carboxylic acids is 1. The third-order valence-electron chi connectivity index (χ3n) is 4.16. The highest BCUT2D eigenvalue weighted by molar-refractivity contribution is 7.98. The van der Waals surface area contributed by atoms with Gasteiger partial charge in [0.25, 0.3) is 5.91 Å². The summed E-state index contributed by atoms with van der Waals surface area (Å²) in [6.45, 7) is 1.72. The molecule has 1 aliphatic carbocycles.